The SMILES string of the molecule is CCc1cc(C)cc(Nc2nc3ccccc3nc2NSc2cccc(NC(=O)CO)c2)c1. The van der Waals surface area contributed by atoms with Gasteiger partial charge in [-0.15, -0.1) is 0 Å². The zero-order valence-corrected chi connectivity index (χ0v) is 19.2. The maximum atomic E-state index is 11.5. The number of nitrogens with one attached hydrogen (secondary N) is 3. The highest BCUT2D eigenvalue weighted by molar-refractivity contribution is 8.00. The molecule has 3 aromatic carbocycles. The minimum absolute atomic E-state index is 0.457. The Morgan fingerprint density at radius 3 is 2.42 bits per heavy atom. The molecule has 8 heteroatoms. The highest BCUT2D eigenvalue weighted by Gasteiger charge is 2.11. The average molecular weight is 460 g/mol. The van der Waals surface area contributed by atoms with Crippen molar-refractivity contribution >= 4 is 51.9 Å². The summed E-state index contributed by atoms with van der Waals surface area (Å²) in [5, 5.41) is 15.0. The number of aliphatic hydroxyl groups is 1. The van der Waals surface area contributed by atoms with Gasteiger partial charge in [-0.2, -0.15) is 0 Å². The van der Waals surface area contributed by atoms with E-state index in [1.54, 1.807) is 6.07 Å². The van der Waals surface area contributed by atoms with Crippen LogP contribution in [0.15, 0.2) is 71.6 Å². The van der Waals surface area contributed by atoms with Crippen molar-refractivity contribution in [3.05, 3.63) is 77.9 Å². The first-order valence-corrected chi connectivity index (χ1v) is 11.4. The first-order chi connectivity index (χ1) is 16.0. The minimum atomic E-state index is -0.559. The van der Waals surface area contributed by atoms with Crippen LogP contribution in [0.3, 0.4) is 0 Å². The normalized spacial score (nSPS) is 10.8. The van der Waals surface area contributed by atoms with E-state index in [0.29, 0.717) is 17.3 Å². The molecule has 7 nitrogen and oxygen atoms in total. The maximum Gasteiger partial charge on any atom is 0.250 e. The third-order valence-electron chi connectivity index (χ3n) is 4.91. The molecule has 0 aliphatic heterocycles. The third-order valence-corrected chi connectivity index (χ3v) is 5.69. The first kappa shape index (κ1) is 22.6. The molecule has 4 aromatic rings. The van der Waals surface area contributed by atoms with Crippen molar-refractivity contribution in [2.24, 2.45) is 0 Å². The molecule has 0 aliphatic carbocycles. The van der Waals surface area contributed by atoms with E-state index in [-0.39, 0.29) is 0 Å². The number of carbonyl (C=O) groups is 1. The summed E-state index contributed by atoms with van der Waals surface area (Å²) in [6.45, 7) is 3.65. The summed E-state index contributed by atoms with van der Waals surface area (Å²) in [5.41, 5.74) is 5.57. The van der Waals surface area contributed by atoms with Crippen molar-refractivity contribution in [3.63, 3.8) is 0 Å². The predicted molar refractivity (Wildman–Crippen MR) is 135 cm³/mol. The van der Waals surface area contributed by atoms with Crippen molar-refractivity contribution in [1.29, 1.82) is 0 Å². The van der Waals surface area contributed by atoms with Crippen LogP contribution < -0.4 is 15.4 Å². The standard InChI is InChI=1S/C25H25N5O2S/c1-3-17-11-16(2)12-19(13-17)27-24-25(29-22-10-5-4-9-21(22)28-24)30-33-20-8-6-7-18(14-20)26-23(32)15-31/h4-14,31H,3,15H2,1-2H3,(H,26,32)(H,27,28)(H,29,30). The molecule has 4 rings (SSSR count). The van der Waals surface area contributed by atoms with Gasteiger partial charge in [0.15, 0.2) is 11.6 Å². The second-order valence-electron chi connectivity index (χ2n) is 7.53. The maximum absolute atomic E-state index is 11.5. The van der Waals surface area contributed by atoms with Gasteiger partial charge in [0.05, 0.1) is 11.0 Å². The molecule has 0 atom stereocenters. The van der Waals surface area contributed by atoms with Crippen molar-refractivity contribution < 1.29 is 9.90 Å². The first-order valence-electron chi connectivity index (χ1n) is 10.6. The lowest BCUT2D eigenvalue weighted by Crippen LogP contribution is -2.15. The van der Waals surface area contributed by atoms with Gasteiger partial charge in [-0.05, 0) is 78.9 Å². The van der Waals surface area contributed by atoms with Crippen LogP contribution in [0.4, 0.5) is 23.0 Å². The molecule has 0 spiro atoms. The molecule has 0 bridgehead atoms. The van der Waals surface area contributed by atoms with Crippen LogP contribution in [-0.4, -0.2) is 27.6 Å². The van der Waals surface area contributed by atoms with Gasteiger partial charge in [0.1, 0.15) is 6.61 Å². The molecule has 0 saturated heterocycles. The second-order valence-corrected chi connectivity index (χ2v) is 8.41. The number of para-hydroxylation sites is 2. The van der Waals surface area contributed by atoms with Gasteiger partial charge in [0, 0.05) is 16.3 Å². The van der Waals surface area contributed by atoms with Gasteiger partial charge in [-0.25, -0.2) is 9.97 Å². The molecule has 1 aromatic heterocycles. The summed E-state index contributed by atoms with van der Waals surface area (Å²) in [4.78, 5) is 21.9. The molecule has 0 fully saturated rings. The van der Waals surface area contributed by atoms with E-state index in [1.807, 2.05) is 42.5 Å². The highest BCUT2D eigenvalue weighted by Crippen LogP contribution is 2.30. The number of amides is 1. The Kier molecular flexibility index (Phi) is 7.07. The Morgan fingerprint density at radius 2 is 1.70 bits per heavy atom. The molecular weight excluding hydrogens is 434 g/mol. The fourth-order valence-corrected chi connectivity index (χ4v) is 4.07. The number of hydrogen-bond acceptors (Lipinski definition) is 7. The van der Waals surface area contributed by atoms with E-state index < -0.39 is 12.5 Å². The summed E-state index contributed by atoms with van der Waals surface area (Å²) in [5.74, 6) is 0.767. The third kappa shape index (κ3) is 5.79. The van der Waals surface area contributed by atoms with Crippen molar-refractivity contribution in [1.82, 2.24) is 9.97 Å². The van der Waals surface area contributed by atoms with Crippen molar-refractivity contribution in [2.75, 3.05) is 22.0 Å². The molecule has 4 N–H and O–H groups in total. The van der Waals surface area contributed by atoms with Crippen LogP contribution >= 0.6 is 11.9 Å². The highest BCUT2D eigenvalue weighted by atomic mass is 32.2. The molecule has 0 unspecified atom stereocenters. The molecule has 0 radical (unpaired) electrons. The minimum Gasteiger partial charge on any atom is -0.387 e. The van der Waals surface area contributed by atoms with E-state index in [0.717, 1.165) is 28.0 Å². The number of aryl methyl sites for hydroxylation is 2. The molecule has 168 valence electrons. The number of carbonyl (C=O) groups excluding carboxylic acids is 1. The molecule has 1 heterocycles. The molecular formula is C25H25N5O2S. The van der Waals surface area contributed by atoms with Gasteiger partial charge in [-0.1, -0.05) is 31.2 Å². The number of fused-ring (bicyclic) bond motifs is 1. The van der Waals surface area contributed by atoms with Crippen molar-refractivity contribution in [2.45, 2.75) is 25.2 Å². The van der Waals surface area contributed by atoms with Crippen molar-refractivity contribution in [3.8, 4) is 0 Å². The number of aromatic nitrogens is 2. The Morgan fingerprint density at radius 1 is 0.939 bits per heavy atom. The zero-order chi connectivity index (χ0) is 23.2. The Labute approximate surface area is 196 Å². The topological polar surface area (TPSA) is 99.2 Å². The van der Waals surface area contributed by atoms with Crippen LogP contribution in [0.5, 0.6) is 0 Å². The van der Waals surface area contributed by atoms with Gasteiger partial charge >= 0.3 is 0 Å². The fraction of sp³-hybridized carbons (Fsp3) is 0.160. The van der Waals surface area contributed by atoms with Gasteiger partial charge in [-0.3, -0.25) is 4.79 Å². The molecule has 33 heavy (non-hydrogen) atoms. The Hall–Kier alpha value is -3.62. The largest absolute Gasteiger partial charge is 0.387 e. The van der Waals surface area contributed by atoms with E-state index in [1.165, 1.54) is 23.1 Å². The van der Waals surface area contributed by atoms with Crippen LogP contribution in [-0.2, 0) is 11.2 Å². The number of rotatable bonds is 8. The van der Waals surface area contributed by atoms with Crippen LogP contribution in [0.1, 0.15) is 18.1 Å². The number of nitrogens with zero attached hydrogens (tertiary/aromatic N) is 2. The zero-order valence-electron chi connectivity index (χ0n) is 18.4. The fourth-order valence-electron chi connectivity index (χ4n) is 3.38. The lowest BCUT2D eigenvalue weighted by Gasteiger charge is -2.14. The molecule has 0 aliphatic rings. The summed E-state index contributed by atoms with van der Waals surface area (Å²) in [6.07, 6.45) is 0.948. The number of aliphatic hydroxyl groups excluding tert-OH is 1. The monoisotopic (exact) mass is 459 g/mol. The lowest BCUT2D eigenvalue weighted by atomic mass is 10.1. The van der Waals surface area contributed by atoms with Gasteiger partial charge < -0.3 is 20.5 Å². The Bertz CT molecular complexity index is 1300. The molecule has 0 saturated carbocycles. The van der Waals surface area contributed by atoms with Crippen LogP contribution in [0.2, 0.25) is 0 Å². The van der Waals surface area contributed by atoms with Crippen LogP contribution in [0.25, 0.3) is 11.0 Å². The lowest BCUT2D eigenvalue weighted by molar-refractivity contribution is -0.118. The summed E-state index contributed by atoms with van der Waals surface area (Å²) >= 11 is 1.36. The van der Waals surface area contributed by atoms with E-state index in [9.17, 15) is 4.79 Å². The second kappa shape index (κ2) is 10.3. The predicted octanol–water partition coefficient (Wildman–Crippen LogP) is 5.29. The number of benzene rings is 3. The summed E-state index contributed by atoms with van der Waals surface area (Å²) < 4.78 is 3.30. The number of anilines is 4. The summed E-state index contributed by atoms with van der Waals surface area (Å²) in [6, 6.07) is 21.5. The van der Waals surface area contributed by atoms with Gasteiger partial charge in [0.2, 0.25) is 5.91 Å². The molecule has 1 amide bonds. The smallest absolute Gasteiger partial charge is 0.250 e. The average Bonchev–Trinajstić information content (AvgIpc) is 2.82. The van der Waals surface area contributed by atoms with E-state index in [2.05, 4.69) is 47.4 Å². The quantitative estimate of drug-likeness (QED) is 0.266. The van der Waals surface area contributed by atoms with E-state index >= 15 is 0 Å². The van der Waals surface area contributed by atoms with E-state index in [4.69, 9.17) is 15.1 Å². The van der Waals surface area contributed by atoms with Crippen LogP contribution in [0, 0.1) is 6.92 Å². The summed E-state index contributed by atoms with van der Waals surface area (Å²) in [7, 11) is 0. The van der Waals surface area contributed by atoms with Gasteiger partial charge in [0.25, 0.3) is 0 Å². The number of hydrogen-bond donors (Lipinski definition) is 4. The Balaban J connectivity index is 1.62.